The van der Waals surface area contributed by atoms with Gasteiger partial charge in [-0.1, -0.05) is 17.7 Å². The van der Waals surface area contributed by atoms with Crippen molar-refractivity contribution in [2.45, 2.75) is 0 Å². The van der Waals surface area contributed by atoms with Gasteiger partial charge >= 0.3 is 0 Å². The average Bonchev–Trinajstić information content (AvgIpc) is 2.65. The molecule has 2 aromatic rings. The maximum absolute atomic E-state index is 14.1. The predicted molar refractivity (Wildman–Crippen MR) is 95.5 cm³/mol. The summed E-state index contributed by atoms with van der Waals surface area (Å²) in [4.78, 5) is 25.1. The molecule has 0 atom stereocenters. The van der Waals surface area contributed by atoms with Crippen LogP contribution in [0.1, 0.15) is 10.4 Å². The Morgan fingerprint density at radius 2 is 2.00 bits per heavy atom. The van der Waals surface area contributed by atoms with E-state index in [4.69, 9.17) is 16.3 Å². The lowest BCUT2D eigenvalue weighted by Gasteiger charge is -2.30. The van der Waals surface area contributed by atoms with Crippen molar-refractivity contribution in [3.05, 3.63) is 62.9 Å². The molecule has 1 N–H and O–H groups in total. The SMILES string of the molecule is O=C(Nc1cccc(Cl)c1F)c1cc([N+](=O)[O-])ccc1N1CCOCC1. The highest BCUT2D eigenvalue weighted by Gasteiger charge is 2.23. The number of carbonyl (C=O) groups is 1. The molecule has 0 saturated carbocycles. The van der Waals surface area contributed by atoms with Crippen LogP contribution >= 0.6 is 11.6 Å². The maximum Gasteiger partial charge on any atom is 0.270 e. The fraction of sp³-hybridized carbons (Fsp3) is 0.235. The monoisotopic (exact) mass is 379 g/mol. The second-order valence-electron chi connectivity index (χ2n) is 5.61. The number of hydrogen-bond donors (Lipinski definition) is 1. The summed E-state index contributed by atoms with van der Waals surface area (Å²) in [6, 6.07) is 8.26. The molecule has 1 aliphatic rings. The summed E-state index contributed by atoms with van der Waals surface area (Å²) in [6.45, 7) is 2.06. The van der Waals surface area contributed by atoms with Crippen LogP contribution in [0, 0.1) is 15.9 Å². The van der Waals surface area contributed by atoms with E-state index in [-0.39, 0.29) is 22.0 Å². The van der Waals surface area contributed by atoms with Crippen molar-refractivity contribution in [2.75, 3.05) is 36.5 Å². The Morgan fingerprint density at radius 3 is 2.69 bits per heavy atom. The molecule has 0 unspecified atom stereocenters. The molecule has 0 radical (unpaired) electrons. The second-order valence-corrected chi connectivity index (χ2v) is 6.02. The standard InChI is InChI=1S/C17H15ClFN3O4/c18-13-2-1-3-14(16(13)19)20-17(23)12-10-11(22(24)25)4-5-15(12)21-6-8-26-9-7-21/h1-5,10H,6-9H2,(H,20,23). The fourth-order valence-corrected chi connectivity index (χ4v) is 2.86. The molecule has 2 aromatic carbocycles. The van der Waals surface area contributed by atoms with E-state index in [1.54, 1.807) is 0 Å². The van der Waals surface area contributed by atoms with E-state index in [0.29, 0.717) is 32.0 Å². The minimum absolute atomic E-state index is 0.0838. The number of anilines is 2. The lowest BCUT2D eigenvalue weighted by atomic mass is 10.1. The molecular formula is C17H15ClFN3O4. The first-order valence-corrected chi connectivity index (χ1v) is 8.21. The third-order valence-electron chi connectivity index (χ3n) is 3.99. The number of morpholine rings is 1. The molecule has 1 aliphatic heterocycles. The Kier molecular flexibility index (Phi) is 5.34. The van der Waals surface area contributed by atoms with Gasteiger partial charge in [-0.05, 0) is 18.2 Å². The van der Waals surface area contributed by atoms with E-state index >= 15 is 0 Å². The number of carbonyl (C=O) groups excluding carboxylic acids is 1. The zero-order valence-corrected chi connectivity index (χ0v) is 14.3. The summed E-state index contributed by atoms with van der Waals surface area (Å²) < 4.78 is 19.4. The summed E-state index contributed by atoms with van der Waals surface area (Å²) in [7, 11) is 0. The number of nitrogens with zero attached hydrogens (tertiary/aromatic N) is 2. The van der Waals surface area contributed by atoms with Crippen molar-refractivity contribution in [1.29, 1.82) is 0 Å². The molecule has 26 heavy (non-hydrogen) atoms. The van der Waals surface area contributed by atoms with Gasteiger partial charge in [-0.15, -0.1) is 0 Å². The Labute approximate surface area is 153 Å². The summed E-state index contributed by atoms with van der Waals surface area (Å²) >= 11 is 5.73. The Hall–Kier alpha value is -2.71. The lowest BCUT2D eigenvalue weighted by Crippen LogP contribution is -2.37. The highest BCUT2D eigenvalue weighted by molar-refractivity contribution is 6.31. The van der Waals surface area contributed by atoms with Crippen molar-refractivity contribution in [3.8, 4) is 0 Å². The predicted octanol–water partition coefficient (Wildman–Crippen LogP) is 3.48. The van der Waals surface area contributed by atoms with Crippen LogP contribution in [0.5, 0.6) is 0 Å². The largest absolute Gasteiger partial charge is 0.378 e. The molecule has 9 heteroatoms. The molecule has 0 spiro atoms. The molecule has 1 fully saturated rings. The first-order valence-electron chi connectivity index (χ1n) is 7.84. The van der Waals surface area contributed by atoms with E-state index in [0.717, 1.165) is 0 Å². The van der Waals surface area contributed by atoms with Crippen LogP contribution in [-0.2, 0) is 4.74 Å². The van der Waals surface area contributed by atoms with E-state index in [9.17, 15) is 19.3 Å². The number of non-ortho nitro benzene ring substituents is 1. The van der Waals surface area contributed by atoms with Crippen LogP contribution in [0.3, 0.4) is 0 Å². The number of benzene rings is 2. The van der Waals surface area contributed by atoms with Gasteiger partial charge in [0, 0.05) is 25.2 Å². The normalized spacial score (nSPS) is 14.2. The van der Waals surface area contributed by atoms with Crippen LogP contribution in [0.4, 0.5) is 21.5 Å². The van der Waals surface area contributed by atoms with Gasteiger partial charge in [0.2, 0.25) is 0 Å². The van der Waals surface area contributed by atoms with Crippen molar-refractivity contribution in [2.24, 2.45) is 0 Å². The third-order valence-corrected chi connectivity index (χ3v) is 4.28. The lowest BCUT2D eigenvalue weighted by molar-refractivity contribution is -0.384. The number of nitro benzene ring substituents is 1. The number of nitro groups is 1. The Balaban J connectivity index is 1.97. The van der Waals surface area contributed by atoms with Gasteiger partial charge in [-0.2, -0.15) is 0 Å². The molecule has 0 aromatic heterocycles. The van der Waals surface area contributed by atoms with Crippen molar-refractivity contribution in [3.63, 3.8) is 0 Å². The number of halogens is 2. The molecule has 1 saturated heterocycles. The minimum Gasteiger partial charge on any atom is -0.378 e. The summed E-state index contributed by atoms with van der Waals surface area (Å²) in [5.74, 6) is -1.42. The first kappa shape index (κ1) is 18.1. The first-order chi connectivity index (χ1) is 12.5. The molecular weight excluding hydrogens is 365 g/mol. The number of rotatable bonds is 4. The van der Waals surface area contributed by atoms with Gasteiger partial charge in [0.05, 0.1) is 40.1 Å². The minimum atomic E-state index is -0.763. The summed E-state index contributed by atoms with van der Waals surface area (Å²) in [5.41, 5.74) is 0.292. The third kappa shape index (κ3) is 3.76. The smallest absolute Gasteiger partial charge is 0.270 e. The zero-order chi connectivity index (χ0) is 18.7. The van der Waals surface area contributed by atoms with Gasteiger partial charge in [0.1, 0.15) is 0 Å². The number of ether oxygens (including phenoxy) is 1. The molecule has 3 rings (SSSR count). The molecule has 1 heterocycles. The Morgan fingerprint density at radius 1 is 1.27 bits per heavy atom. The van der Waals surface area contributed by atoms with Gasteiger partial charge in [0.15, 0.2) is 5.82 Å². The molecule has 1 amide bonds. The van der Waals surface area contributed by atoms with Crippen LogP contribution in [0.2, 0.25) is 5.02 Å². The van der Waals surface area contributed by atoms with E-state index in [1.807, 2.05) is 4.90 Å². The van der Waals surface area contributed by atoms with Crippen molar-refractivity contribution < 1.29 is 18.8 Å². The summed E-state index contributed by atoms with van der Waals surface area (Å²) in [6.07, 6.45) is 0. The molecule has 7 nitrogen and oxygen atoms in total. The van der Waals surface area contributed by atoms with Crippen molar-refractivity contribution >= 4 is 34.6 Å². The van der Waals surface area contributed by atoms with Crippen LogP contribution < -0.4 is 10.2 Å². The van der Waals surface area contributed by atoms with E-state index in [2.05, 4.69) is 5.32 Å². The second kappa shape index (κ2) is 7.67. The van der Waals surface area contributed by atoms with Crippen molar-refractivity contribution in [1.82, 2.24) is 0 Å². The molecule has 0 bridgehead atoms. The van der Waals surface area contributed by atoms with Crippen LogP contribution in [0.25, 0.3) is 0 Å². The quantitative estimate of drug-likeness (QED) is 0.649. The van der Waals surface area contributed by atoms with Gasteiger partial charge < -0.3 is 15.0 Å². The van der Waals surface area contributed by atoms with E-state index in [1.165, 1.54) is 36.4 Å². The van der Waals surface area contributed by atoms with Gasteiger partial charge in [-0.25, -0.2) is 4.39 Å². The highest BCUT2D eigenvalue weighted by Crippen LogP contribution is 2.28. The van der Waals surface area contributed by atoms with E-state index < -0.39 is 16.6 Å². The number of hydrogen-bond acceptors (Lipinski definition) is 5. The average molecular weight is 380 g/mol. The fourth-order valence-electron chi connectivity index (χ4n) is 2.69. The Bertz CT molecular complexity index is 856. The summed E-state index contributed by atoms with van der Waals surface area (Å²) in [5, 5.41) is 13.4. The van der Waals surface area contributed by atoms with Gasteiger partial charge in [0.25, 0.3) is 11.6 Å². The van der Waals surface area contributed by atoms with Crippen LogP contribution in [0.15, 0.2) is 36.4 Å². The number of nitrogens with one attached hydrogen (secondary N) is 1. The maximum atomic E-state index is 14.1. The van der Waals surface area contributed by atoms with Crippen LogP contribution in [-0.4, -0.2) is 37.1 Å². The molecule has 0 aliphatic carbocycles. The van der Waals surface area contributed by atoms with Gasteiger partial charge in [-0.3, -0.25) is 14.9 Å². The zero-order valence-electron chi connectivity index (χ0n) is 13.6. The number of amides is 1. The highest BCUT2D eigenvalue weighted by atomic mass is 35.5. The topological polar surface area (TPSA) is 84.7 Å². The molecule has 136 valence electrons.